The van der Waals surface area contributed by atoms with Gasteiger partial charge in [-0.15, -0.1) is 0 Å². The first kappa shape index (κ1) is 17.5. The molecule has 0 amide bonds. The third-order valence-corrected chi connectivity index (χ3v) is 5.08. The molecule has 7 nitrogen and oxygen atoms in total. The topological polar surface area (TPSA) is 115 Å². The van der Waals surface area contributed by atoms with E-state index in [0.717, 1.165) is 0 Å². The van der Waals surface area contributed by atoms with Crippen LogP contribution in [0.3, 0.4) is 0 Å². The van der Waals surface area contributed by atoms with Gasteiger partial charge < -0.3 is 5.73 Å². The van der Waals surface area contributed by atoms with Crippen LogP contribution in [0.4, 0.5) is 5.69 Å². The van der Waals surface area contributed by atoms with E-state index in [1.165, 1.54) is 24.3 Å². The number of sulfonamides is 1. The molecule has 0 aromatic heterocycles. The molecule has 1 aromatic rings. The second-order valence-corrected chi connectivity index (χ2v) is 6.70. The second kappa shape index (κ2) is 6.97. The van der Waals surface area contributed by atoms with E-state index in [2.05, 4.69) is 4.72 Å². The van der Waals surface area contributed by atoms with Crippen LogP contribution in [0.1, 0.15) is 32.3 Å². The third kappa shape index (κ3) is 4.76. The van der Waals surface area contributed by atoms with Gasteiger partial charge in [-0.2, -0.15) is 0 Å². The van der Waals surface area contributed by atoms with Crippen LogP contribution in [0.15, 0.2) is 24.3 Å². The number of nitro benzene ring substituents is 1. The number of non-ortho nitro benzene ring substituents is 1. The first-order chi connectivity index (χ1) is 9.77. The molecular formula is C13H21N3O4S. The minimum Gasteiger partial charge on any atom is -0.329 e. The van der Waals surface area contributed by atoms with Crippen LogP contribution >= 0.6 is 0 Å². The van der Waals surface area contributed by atoms with E-state index in [9.17, 15) is 18.5 Å². The van der Waals surface area contributed by atoms with Gasteiger partial charge in [0, 0.05) is 24.2 Å². The Bertz CT molecular complexity index is 572. The lowest BCUT2D eigenvalue weighted by molar-refractivity contribution is -0.384. The minimum atomic E-state index is -3.56. The van der Waals surface area contributed by atoms with Gasteiger partial charge in [0.15, 0.2) is 0 Å². The molecule has 1 rings (SSSR count). The predicted octanol–water partition coefficient (Wildman–Crippen LogP) is 1.53. The number of benzene rings is 1. The Balaban J connectivity index is 2.87. The summed E-state index contributed by atoms with van der Waals surface area (Å²) in [4.78, 5) is 10.0. The fourth-order valence-corrected chi connectivity index (χ4v) is 3.76. The highest BCUT2D eigenvalue weighted by atomic mass is 32.2. The summed E-state index contributed by atoms with van der Waals surface area (Å²) in [5.41, 5.74) is 5.47. The summed E-state index contributed by atoms with van der Waals surface area (Å²) in [6.45, 7) is 3.98. The van der Waals surface area contributed by atoms with E-state index in [0.29, 0.717) is 18.4 Å². The van der Waals surface area contributed by atoms with Gasteiger partial charge in [-0.3, -0.25) is 10.1 Å². The quantitative estimate of drug-likeness (QED) is 0.557. The summed E-state index contributed by atoms with van der Waals surface area (Å²) in [6, 6.07) is 5.47. The average Bonchev–Trinajstić information content (AvgIpc) is 2.45. The lowest BCUT2D eigenvalue weighted by Gasteiger charge is -2.31. The van der Waals surface area contributed by atoms with E-state index in [-0.39, 0.29) is 18.0 Å². The molecule has 0 spiro atoms. The first-order valence-electron chi connectivity index (χ1n) is 6.72. The van der Waals surface area contributed by atoms with Crippen molar-refractivity contribution in [3.63, 3.8) is 0 Å². The Kier molecular flexibility index (Phi) is 5.82. The summed E-state index contributed by atoms with van der Waals surface area (Å²) in [6.07, 6.45) is 1.19. The number of nitrogens with one attached hydrogen (secondary N) is 1. The van der Waals surface area contributed by atoms with Crippen LogP contribution < -0.4 is 10.5 Å². The van der Waals surface area contributed by atoms with Crippen LogP contribution in [0, 0.1) is 10.1 Å². The largest absolute Gasteiger partial charge is 0.329 e. The van der Waals surface area contributed by atoms with Gasteiger partial charge in [-0.05, 0) is 18.4 Å². The van der Waals surface area contributed by atoms with Gasteiger partial charge in [0.2, 0.25) is 10.0 Å². The molecule has 118 valence electrons. The Labute approximate surface area is 124 Å². The van der Waals surface area contributed by atoms with Gasteiger partial charge in [0.1, 0.15) is 0 Å². The number of nitrogens with zero attached hydrogens (tertiary/aromatic N) is 1. The summed E-state index contributed by atoms with van der Waals surface area (Å²) in [7, 11) is -3.56. The predicted molar refractivity (Wildman–Crippen MR) is 81.2 cm³/mol. The molecule has 1 aromatic carbocycles. The molecule has 0 saturated carbocycles. The van der Waals surface area contributed by atoms with E-state index < -0.39 is 20.5 Å². The molecule has 0 unspecified atom stereocenters. The van der Waals surface area contributed by atoms with Gasteiger partial charge in [-0.25, -0.2) is 13.1 Å². The molecule has 0 radical (unpaired) electrons. The van der Waals surface area contributed by atoms with Crippen LogP contribution in [0.25, 0.3) is 0 Å². The molecule has 0 saturated heterocycles. The van der Waals surface area contributed by atoms with Crippen molar-refractivity contribution < 1.29 is 13.3 Å². The van der Waals surface area contributed by atoms with Crippen molar-refractivity contribution >= 4 is 15.7 Å². The van der Waals surface area contributed by atoms with Crippen molar-refractivity contribution in [2.24, 2.45) is 5.73 Å². The number of hydrogen-bond donors (Lipinski definition) is 2. The molecule has 0 aliphatic rings. The van der Waals surface area contributed by atoms with Crippen LogP contribution in [-0.4, -0.2) is 25.4 Å². The summed E-state index contributed by atoms with van der Waals surface area (Å²) in [5.74, 6) is -0.229. The average molecular weight is 315 g/mol. The molecule has 0 heterocycles. The van der Waals surface area contributed by atoms with Crippen molar-refractivity contribution in [2.45, 2.75) is 38.0 Å². The molecule has 0 bridgehead atoms. The van der Waals surface area contributed by atoms with Gasteiger partial charge in [0.25, 0.3) is 5.69 Å². The molecule has 8 heteroatoms. The van der Waals surface area contributed by atoms with E-state index in [4.69, 9.17) is 5.73 Å². The molecule has 0 aliphatic heterocycles. The number of nitrogens with two attached hydrogens (primary N) is 1. The zero-order valence-corrected chi connectivity index (χ0v) is 13.0. The highest BCUT2D eigenvalue weighted by Crippen LogP contribution is 2.18. The maximum atomic E-state index is 12.2. The number of nitro groups is 1. The highest BCUT2D eigenvalue weighted by molar-refractivity contribution is 7.88. The molecule has 0 atom stereocenters. The lowest BCUT2D eigenvalue weighted by Crippen LogP contribution is -2.53. The normalized spacial score (nSPS) is 12.3. The maximum Gasteiger partial charge on any atom is 0.269 e. The van der Waals surface area contributed by atoms with E-state index >= 15 is 0 Å². The monoisotopic (exact) mass is 315 g/mol. The Hall–Kier alpha value is -1.51. The zero-order valence-electron chi connectivity index (χ0n) is 12.2. The number of rotatable bonds is 8. The fourth-order valence-electron chi connectivity index (χ4n) is 2.02. The van der Waals surface area contributed by atoms with Crippen LogP contribution in [0.5, 0.6) is 0 Å². The van der Waals surface area contributed by atoms with Gasteiger partial charge in [0.05, 0.1) is 10.7 Å². The van der Waals surface area contributed by atoms with Crippen molar-refractivity contribution in [1.29, 1.82) is 0 Å². The fraction of sp³-hybridized carbons (Fsp3) is 0.538. The van der Waals surface area contributed by atoms with Crippen molar-refractivity contribution in [2.75, 3.05) is 6.54 Å². The molecule has 3 N–H and O–H groups in total. The summed E-state index contributed by atoms with van der Waals surface area (Å²) in [5, 5.41) is 10.6. The Morgan fingerprint density at radius 1 is 1.24 bits per heavy atom. The highest BCUT2D eigenvalue weighted by Gasteiger charge is 2.29. The van der Waals surface area contributed by atoms with Gasteiger partial charge in [-0.1, -0.05) is 26.0 Å². The Morgan fingerprint density at radius 2 is 1.76 bits per heavy atom. The minimum absolute atomic E-state index is 0.0671. The van der Waals surface area contributed by atoms with E-state index in [1.54, 1.807) is 0 Å². The number of hydrogen-bond acceptors (Lipinski definition) is 5. The SMILES string of the molecule is CCC(CC)(CN)NS(=O)(=O)Cc1ccc([N+](=O)[O-])cc1. The van der Waals surface area contributed by atoms with Crippen LogP contribution in [-0.2, 0) is 15.8 Å². The summed E-state index contributed by atoms with van der Waals surface area (Å²) < 4.78 is 27.1. The van der Waals surface area contributed by atoms with Gasteiger partial charge >= 0.3 is 0 Å². The maximum absolute atomic E-state index is 12.2. The van der Waals surface area contributed by atoms with Crippen LogP contribution in [0.2, 0.25) is 0 Å². The lowest BCUT2D eigenvalue weighted by atomic mass is 9.95. The van der Waals surface area contributed by atoms with Crippen molar-refractivity contribution in [3.8, 4) is 0 Å². The molecule has 0 fully saturated rings. The zero-order chi connectivity index (χ0) is 16.1. The van der Waals surface area contributed by atoms with Crippen molar-refractivity contribution in [3.05, 3.63) is 39.9 Å². The second-order valence-electron chi connectivity index (χ2n) is 4.98. The first-order valence-corrected chi connectivity index (χ1v) is 8.38. The molecular weight excluding hydrogens is 294 g/mol. The third-order valence-electron chi connectivity index (χ3n) is 3.62. The van der Waals surface area contributed by atoms with Crippen molar-refractivity contribution in [1.82, 2.24) is 4.72 Å². The standard InChI is InChI=1S/C13H21N3O4S/c1-3-13(4-2,10-14)15-21(19,20)9-11-5-7-12(8-6-11)16(17)18/h5-8,15H,3-4,9-10,14H2,1-2H3. The summed E-state index contributed by atoms with van der Waals surface area (Å²) >= 11 is 0. The Morgan fingerprint density at radius 3 is 2.14 bits per heavy atom. The van der Waals surface area contributed by atoms with E-state index in [1.807, 2.05) is 13.8 Å². The molecule has 0 aliphatic carbocycles. The molecule has 21 heavy (non-hydrogen) atoms. The smallest absolute Gasteiger partial charge is 0.269 e.